The molecule has 13 aromatic carbocycles. The Kier molecular flexibility index (Phi) is 7.11. The second-order valence-corrected chi connectivity index (χ2v) is 16.4. The fraction of sp³-hybridized carbons (Fsp3) is 0. The summed E-state index contributed by atoms with van der Waals surface area (Å²) < 4.78 is 0. The number of rotatable bonds is 5. The van der Waals surface area contributed by atoms with E-state index in [1.807, 2.05) is 0 Å². The molecular formula is C60H36. The second kappa shape index (κ2) is 12.9. The Morgan fingerprint density at radius 2 is 0.583 bits per heavy atom. The number of hydrogen-bond donors (Lipinski definition) is 0. The Morgan fingerprint density at radius 1 is 0.183 bits per heavy atom. The lowest BCUT2D eigenvalue weighted by Crippen LogP contribution is -1.91. The first-order chi connectivity index (χ1) is 29.7. The highest BCUT2D eigenvalue weighted by Gasteiger charge is 2.17. The number of benzene rings is 13. The average molecular weight is 757 g/mol. The molecular weight excluding hydrogens is 721 g/mol. The van der Waals surface area contributed by atoms with Gasteiger partial charge >= 0.3 is 0 Å². The number of hydrogen-bond acceptors (Lipinski definition) is 0. The van der Waals surface area contributed by atoms with Gasteiger partial charge < -0.3 is 0 Å². The molecule has 0 fully saturated rings. The maximum Gasteiger partial charge on any atom is -0.00206 e. The van der Waals surface area contributed by atoms with Crippen LogP contribution in [-0.4, -0.2) is 0 Å². The van der Waals surface area contributed by atoms with E-state index in [0.29, 0.717) is 0 Å². The second-order valence-electron chi connectivity index (χ2n) is 16.4. The van der Waals surface area contributed by atoms with Gasteiger partial charge in [0.15, 0.2) is 0 Å². The standard InChI is InChI=1S/C60H36/c1-2-8-37(9-3-1)52-31-27-48-35-45(44-14-6-15-46(34-44)50-28-22-42-20-18-38-10-4-12-40-24-32-54(50)59(42)56(38)40)26-30-53(48)58(52)49-17-7-16-47(36-49)51-29-23-43-21-19-39-11-5-13-41-25-33-55(51)60(43)57(39)41/h1-36H. The van der Waals surface area contributed by atoms with Gasteiger partial charge in [-0.05, 0) is 149 Å². The minimum atomic E-state index is 1.21. The van der Waals surface area contributed by atoms with Crippen molar-refractivity contribution in [3.05, 3.63) is 218 Å². The van der Waals surface area contributed by atoms with E-state index in [2.05, 4.69) is 218 Å². The summed E-state index contributed by atoms with van der Waals surface area (Å²) in [6.45, 7) is 0. The van der Waals surface area contributed by atoms with Crippen molar-refractivity contribution in [3.8, 4) is 55.6 Å². The molecule has 0 spiro atoms. The fourth-order valence-electron chi connectivity index (χ4n) is 10.4. The van der Waals surface area contributed by atoms with Gasteiger partial charge in [-0.2, -0.15) is 0 Å². The normalized spacial score (nSPS) is 12.0. The summed E-state index contributed by atoms with van der Waals surface area (Å²) in [6, 6.07) is 81.5. The average Bonchev–Trinajstić information content (AvgIpc) is 3.32. The van der Waals surface area contributed by atoms with Crippen LogP contribution in [0.5, 0.6) is 0 Å². The smallest absolute Gasteiger partial charge is 0.00206 e. The first-order valence-corrected chi connectivity index (χ1v) is 20.9. The summed E-state index contributed by atoms with van der Waals surface area (Å²) in [5, 5.41) is 18.2. The molecule has 0 heterocycles. The van der Waals surface area contributed by atoms with Gasteiger partial charge in [-0.25, -0.2) is 0 Å². The highest BCUT2D eigenvalue weighted by Crippen LogP contribution is 2.44. The summed E-state index contributed by atoms with van der Waals surface area (Å²) in [5.74, 6) is 0. The van der Waals surface area contributed by atoms with E-state index in [9.17, 15) is 0 Å². The molecule has 0 saturated heterocycles. The van der Waals surface area contributed by atoms with Crippen molar-refractivity contribution in [1.82, 2.24) is 0 Å². The molecule has 0 radical (unpaired) electrons. The predicted molar refractivity (Wildman–Crippen MR) is 259 cm³/mol. The van der Waals surface area contributed by atoms with Crippen molar-refractivity contribution in [2.24, 2.45) is 0 Å². The first kappa shape index (κ1) is 33.2. The van der Waals surface area contributed by atoms with Crippen LogP contribution in [0.15, 0.2) is 218 Å². The van der Waals surface area contributed by atoms with E-state index in [4.69, 9.17) is 0 Å². The van der Waals surface area contributed by atoms with E-state index in [1.54, 1.807) is 0 Å². The molecule has 276 valence electrons. The van der Waals surface area contributed by atoms with E-state index in [0.717, 1.165) is 0 Å². The molecule has 0 bridgehead atoms. The lowest BCUT2D eigenvalue weighted by atomic mass is 9.86. The van der Waals surface area contributed by atoms with Gasteiger partial charge in [-0.15, -0.1) is 0 Å². The van der Waals surface area contributed by atoms with Gasteiger partial charge in [0.2, 0.25) is 0 Å². The van der Waals surface area contributed by atoms with Crippen molar-refractivity contribution in [3.63, 3.8) is 0 Å². The van der Waals surface area contributed by atoms with Gasteiger partial charge in [-0.1, -0.05) is 200 Å². The largest absolute Gasteiger partial charge is 0.0622 e. The van der Waals surface area contributed by atoms with E-state index in [-0.39, 0.29) is 0 Å². The highest BCUT2D eigenvalue weighted by atomic mass is 14.2. The lowest BCUT2D eigenvalue weighted by Gasteiger charge is -2.18. The van der Waals surface area contributed by atoms with E-state index < -0.39 is 0 Å². The van der Waals surface area contributed by atoms with Crippen LogP contribution in [0.25, 0.3) is 131 Å². The third-order valence-corrected chi connectivity index (χ3v) is 13.1. The Bertz CT molecular complexity index is 3780. The molecule has 0 N–H and O–H groups in total. The lowest BCUT2D eigenvalue weighted by molar-refractivity contribution is 1.59. The van der Waals surface area contributed by atoms with Crippen LogP contribution in [0.1, 0.15) is 0 Å². The predicted octanol–water partition coefficient (Wildman–Crippen LogP) is 17.0. The molecule has 0 atom stereocenters. The Labute approximate surface area is 347 Å². The van der Waals surface area contributed by atoms with Crippen LogP contribution in [-0.2, 0) is 0 Å². The van der Waals surface area contributed by atoms with Crippen molar-refractivity contribution < 1.29 is 0 Å². The Balaban J connectivity index is 0.956. The minimum Gasteiger partial charge on any atom is -0.0622 e. The monoisotopic (exact) mass is 756 g/mol. The summed E-state index contributed by atoms with van der Waals surface area (Å²) in [5.41, 5.74) is 12.3. The summed E-state index contributed by atoms with van der Waals surface area (Å²) in [7, 11) is 0. The third-order valence-electron chi connectivity index (χ3n) is 13.1. The summed E-state index contributed by atoms with van der Waals surface area (Å²) in [4.78, 5) is 0. The Morgan fingerprint density at radius 3 is 1.18 bits per heavy atom. The van der Waals surface area contributed by atoms with Crippen LogP contribution >= 0.6 is 0 Å². The molecule has 0 saturated carbocycles. The van der Waals surface area contributed by atoms with Crippen LogP contribution in [0.2, 0.25) is 0 Å². The first-order valence-electron chi connectivity index (χ1n) is 20.9. The van der Waals surface area contributed by atoms with Crippen molar-refractivity contribution >= 4 is 75.4 Å². The van der Waals surface area contributed by atoms with Crippen LogP contribution in [0.3, 0.4) is 0 Å². The van der Waals surface area contributed by atoms with Crippen LogP contribution in [0.4, 0.5) is 0 Å². The molecule has 0 unspecified atom stereocenters. The van der Waals surface area contributed by atoms with Gasteiger partial charge in [0.25, 0.3) is 0 Å². The van der Waals surface area contributed by atoms with Crippen molar-refractivity contribution in [2.45, 2.75) is 0 Å². The Hall–Kier alpha value is -7.80. The zero-order chi connectivity index (χ0) is 39.3. The zero-order valence-electron chi connectivity index (χ0n) is 32.8. The van der Waals surface area contributed by atoms with Crippen molar-refractivity contribution in [2.75, 3.05) is 0 Å². The maximum absolute atomic E-state index is 2.40. The molecule has 13 rings (SSSR count). The molecule has 0 nitrogen and oxygen atoms in total. The summed E-state index contributed by atoms with van der Waals surface area (Å²) in [6.07, 6.45) is 0. The molecule has 60 heavy (non-hydrogen) atoms. The van der Waals surface area contributed by atoms with Gasteiger partial charge in [0.1, 0.15) is 0 Å². The highest BCUT2D eigenvalue weighted by molar-refractivity contribution is 6.27. The molecule has 13 aromatic rings. The maximum atomic E-state index is 2.40. The molecule has 0 amide bonds. The quantitative estimate of drug-likeness (QED) is 0.153. The topological polar surface area (TPSA) is 0 Å². The SMILES string of the molecule is c1ccc(-c2ccc3cc(-c4cccc(-c5ccc6ccc7cccc8ccc5c6c78)c4)ccc3c2-c2cccc(-c3ccc4ccc5cccc6ccc3c4c56)c2)cc1. The van der Waals surface area contributed by atoms with E-state index >= 15 is 0 Å². The van der Waals surface area contributed by atoms with Gasteiger partial charge in [0.05, 0.1) is 0 Å². The van der Waals surface area contributed by atoms with Crippen LogP contribution < -0.4 is 0 Å². The fourth-order valence-corrected chi connectivity index (χ4v) is 10.4. The molecule has 0 aliphatic rings. The van der Waals surface area contributed by atoms with Gasteiger partial charge in [0, 0.05) is 0 Å². The number of fused-ring (bicyclic) bond motifs is 1. The summed E-state index contributed by atoms with van der Waals surface area (Å²) >= 11 is 0. The zero-order valence-corrected chi connectivity index (χ0v) is 32.8. The minimum absolute atomic E-state index is 1.21. The third kappa shape index (κ3) is 4.98. The van der Waals surface area contributed by atoms with Gasteiger partial charge in [-0.3, -0.25) is 0 Å². The molecule has 0 aliphatic carbocycles. The van der Waals surface area contributed by atoms with Crippen molar-refractivity contribution in [1.29, 1.82) is 0 Å². The van der Waals surface area contributed by atoms with Crippen LogP contribution in [0, 0.1) is 0 Å². The van der Waals surface area contributed by atoms with E-state index in [1.165, 1.54) is 131 Å². The molecule has 0 heteroatoms. The molecule has 0 aromatic heterocycles. The molecule has 0 aliphatic heterocycles.